The molecule has 0 aromatic heterocycles. The average molecular weight is 260 g/mol. The number of hydrogen-bond acceptors (Lipinski definition) is 2. The Balaban J connectivity index is 2.81. The molecule has 100 valence electrons. The first-order chi connectivity index (χ1) is 8.95. The highest BCUT2D eigenvalue weighted by atomic mass is 19.1. The van der Waals surface area contributed by atoms with Crippen molar-refractivity contribution in [3.05, 3.63) is 41.7 Å². The highest BCUT2D eigenvalue weighted by Crippen LogP contribution is 2.15. The zero-order valence-corrected chi connectivity index (χ0v) is 11.4. The number of benzene rings is 1. The normalized spacial score (nSPS) is 12.7. The highest BCUT2D eigenvalue weighted by Gasteiger charge is 2.13. The number of nitriles is 1. The fraction of sp³-hybridized carbons (Fsp3) is 0.333. The second-order valence-corrected chi connectivity index (χ2v) is 4.49. The van der Waals surface area contributed by atoms with Gasteiger partial charge in [-0.1, -0.05) is 12.1 Å². The smallest absolute Gasteiger partial charge is 0.246 e. The maximum atomic E-state index is 12.8. The van der Waals surface area contributed by atoms with Crippen LogP contribution in [-0.4, -0.2) is 23.9 Å². The number of amides is 1. The molecule has 0 saturated heterocycles. The number of likely N-dealkylation sites (N-methyl/N-ethyl adjacent to an activating group) is 1. The van der Waals surface area contributed by atoms with E-state index in [9.17, 15) is 9.18 Å². The fourth-order valence-corrected chi connectivity index (χ4v) is 1.57. The summed E-state index contributed by atoms with van der Waals surface area (Å²) in [6.45, 7) is 3.62. The molecule has 0 heterocycles. The summed E-state index contributed by atoms with van der Waals surface area (Å²) in [6, 6.07) is 7.89. The molecule has 0 fully saturated rings. The molecule has 0 spiro atoms. The van der Waals surface area contributed by atoms with Crippen molar-refractivity contribution in [3.63, 3.8) is 0 Å². The van der Waals surface area contributed by atoms with Gasteiger partial charge in [-0.15, -0.1) is 0 Å². The molecule has 3 nitrogen and oxygen atoms in total. The van der Waals surface area contributed by atoms with Crippen molar-refractivity contribution in [2.75, 3.05) is 7.05 Å². The molecule has 1 rings (SSSR count). The van der Waals surface area contributed by atoms with E-state index in [1.807, 2.05) is 13.0 Å². The maximum absolute atomic E-state index is 12.8. The molecule has 0 aliphatic carbocycles. The molecule has 19 heavy (non-hydrogen) atoms. The summed E-state index contributed by atoms with van der Waals surface area (Å²) in [5.74, 6) is -0.466. The summed E-state index contributed by atoms with van der Waals surface area (Å²) in [5, 5.41) is 8.61. The van der Waals surface area contributed by atoms with Gasteiger partial charge >= 0.3 is 0 Å². The van der Waals surface area contributed by atoms with Gasteiger partial charge in [-0.2, -0.15) is 5.26 Å². The summed E-state index contributed by atoms with van der Waals surface area (Å²) < 4.78 is 12.8. The van der Waals surface area contributed by atoms with Gasteiger partial charge in [0.15, 0.2) is 0 Å². The van der Waals surface area contributed by atoms with E-state index in [1.165, 1.54) is 23.1 Å². The fourth-order valence-electron chi connectivity index (χ4n) is 1.57. The maximum Gasteiger partial charge on any atom is 0.246 e. The van der Waals surface area contributed by atoms with Crippen LogP contribution >= 0.6 is 0 Å². The van der Waals surface area contributed by atoms with Crippen LogP contribution in [-0.2, 0) is 4.79 Å². The summed E-state index contributed by atoms with van der Waals surface area (Å²) >= 11 is 0. The number of nitrogens with zero attached hydrogens (tertiary/aromatic N) is 2. The number of carbonyl (C=O) groups excluding carboxylic acids is 1. The quantitative estimate of drug-likeness (QED) is 0.781. The van der Waals surface area contributed by atoms with Crippen LogP contribution in [0.15, 0.2) is 30.3 Å². The van der Waals surface area contributed by atoms with Crippen LogP contribution in [0, 0.1) is 17.1 Å². The Labute approximate surface area is 113 Å². The molecule has 0 saturated carbocycles. The highest BCUT2D eigenvalue weighted by molar-refractivity contribution is 5.94. The van der Waals surface area contributed by atoms with Crippen molar-refractivity contribution in [2.45, 2.75) is 26.3 Å². The Morgan fingerprint density at radius 1 is 1.47 bits per heavy atom. The summed E-state index contributed by atoms with van der Waals surface area (Å²) in [6.07, 6.45) is 1.80. The van der Waals surface area contributed by atoms with Gasteiger partial charge in [0.1, 0.15) is 5.82 Å². The van der Waals surface area contributed by atoms with Crippen LogP contribution in [0.25, 0.3) is 5.57 Å². The summed E-state index contributed by atoms with van der Waals surface area (Å²) in [4.78, 5) is 13.5. The standard InChI is InChI=1S/C15H17FN2O/c1-11(13-4-6-14(16)7-5-13)10-15(19)18(3)12(2)8-9-17/h4-7,10,12H,8H2,1-3H3/b11-10+. The molecule has 4 heteroatoms. The second-order valence-electron chi connectivity index (χ2n) is 4.49. The Morgan fingerprint density at radius 2 is 2.05 bits per heavy atom. The number of halogens is 1. The lowest BCUT2D eigenvalue weighted by Gasteiger charge is -2.21. The Morgan fingerprint density at radius 3 is 2.58 bits per heavy atom. The van der Waals surface area contributed by atoms with E-state index in [0.29, 0.717) is 6.42 Å². The monoisotopic (exact) mass is 260 g/mol. The molecule has 0 aliphatic rings. The van der Waals surface area contributed by atoms with Gasteiger partial charge in [0, 0.05) is 19.2 Å². The van der Waals surface area contributed by atoms with E-state index in [0.717, 1.165) is 11.1 Å². The summed E-state index contributed by atoms with van der Waals surface area (Å²) in [7, 11) is 1.67. The van der Waals surface area contributed by atoms with E-state index >= 15 is 0 Å². The van der Waals surface area contributed by atoms with E-state index in [2.05, 4.69) is 0 Å². The van der Waals surface area contributed by atoms with Gasteiger partial charge in [-0.05, 0) is 37.1 Å². The molecule has 0 aliphatic heterocycles. The number of allylic oxidation sites excluding steroid dienone is 1. The third-order valence-electron chi connectivity index (χ3n) is 3.04. The zero-order valence-electron chi connectivity index (χ0n) is 11.4. The van der Waals surface area contributed by atoms with Crippen molar-refractivity contribution < 1.29 is 9.18 Å². The van der Waals surface area contributed by atoms with Gasteiger partial charge in [0.05, 0.1) is 12.5 Å². The molecular formula is C15H17FN2O. The molecule has 0 N–H and O–H groups in total. The molecule has 1 aromatic carbocycles. The predicted molar refractivity (Wildman–Crippen MR) is 72.5 cm³/mol. The van der Waals surface area contributed by atoms with Gasteiger partial charge in [0.25, 0.3) is 0 Å². The first kappa shape index (κ1) is 14.9. The second kappa shape index (κ2) is 6.69. The molecule has 1 unspecified atom stereocenters. The van der Waals surface area contributed by atoms with Gasteiger partial charge in [-0.3, -0.25) is 4.79 Å². The van der Waals surface area contributed by atoms with Crippen molar-refractivity contribution in [1.29, 1.82) is 5.26 Å². The number of rotatable bonds is 4. The van der Waals surface area contributed by atoms with Crippen LogP contribution in [0.3, 0.4) is 0 Å². The van der Waals surface area contributed by atoms with Crippen molar-refractivity contribution in [1.82, 2.24) is 4.90 Å². The van der Waals surface area contributed by atoms with Crippen LogP contribution in [0.2, 0.25) is 0 Å². The summed E-state index contributed by atoms with van der Waals surface area (Å²) in [5.41, 5.74) is 1.57. The molecule has 1 atom stereocenters. The zero-order chi connectivity index (χ0) is 14.4. The molecule has 1 aromatic rings. The molecule has 0 radical (unpaired) electrons. The largest absolute Gasteiger partial charge is 0.338 e. The number of hydrogen-bond donors (Lipinski definition) is 0. The Bertz CT molecular complexity index is 514. The lowest BCUT2D eigenvalue weighted by atomic mass is 10.1. The lowest BCUT2D eigenvalue weighted by Crippen LogP contribution is -2.33. The van der Waals surface area contributed by atoms with Crippen molar-refractivity contribution >= 4 is 11.5 Å². The number of carbonyl (C=O) groups is 1. The van der Waals surface area contributed by atoms with E-state index in [-0.39, 0.29) is 17.8 Å². The Kier molecular flexibility index (Phi) is 5.25. The molecule has 1 amide bonds. The van der Waals surface area contributed by atoms with Crippen LogP contribution in [0.1, 0.15) is 25.8 Å². The van der Waals surface area contributed by atoms with Gasteiger partial charge in [-0.25, -0.2) is 4.39 Å². The third kappa shape index (κ3) is 4.22. The predicted octanol–water partition coefficient (Wildman–Crippen LogP) is 2.99. The minimum atomic E-state index is -0.303. The third-order valence-corrected chi connectivity index (χ3v) is 3.04. The first-order valence-electron chi connectivity index (χ1n) is 6.03. The molecule has 0 bridgehead atoms. The topological polar surface area (TPSA) is 44.1 Å². The van der Waals surface area contributed by atoms with Crippen LogP contribution < -0.4 is 0 Å². The van der Waals surface area contributed by atoms with Crippen molar-refractivity contribution in [2.24, 2.45) is 0 Å². The van der Waals surface area contributed by atoms with E-state index in [4.69, 9.17) is 5.26 Å². The SMILES string of the molecule is C/C(=C\C(=O)N(C)C(C)CC#N)c1ccc(F)cc1. The first-order valence-corrected chi connectivity index (χ1v) is 6.03. The van der Waals surface area contributed by atoms with Crippen LogP contribution in [0.4, 0.5) is 4.39 Å². The van der Waals surface area contributed by atoms with Gasteiger partial charge in [0.2, 0.25) is 5.91 Å². The van der Waals surface area contributed by atoms with Gasteiger partial charge < -0.3 is 4.90 Å². The van der Waals surface area contributed by atoms with E-state index in [1.54, 1.807) is 26.1 Å². The van der Waals surface area contributed by atoms with E-state index < -0.39 is 0 Å². The Hall–Kier alpha value is -2.15. The minimum absolute atomic E-state index is 0.130. The van der Waals surface area contributed by atoms with Crippen LogP contribution in [0.5, 0.6) is 0 Å². The lowest BCUT2D eigenvalue weighted by molar-refractivity contribution is -0.126. The molecular weight excluding hydrogens is 243 g/mol. The average Bonchev–Trinajstić information content (AvgIpc) is 2.38. The minimum Gasteiger partial charge on any atom is -0.338 e. The van der Waals surface area contributed by atoms with Crippen molar-refractivity contribution in [3.8, 4) is 6.07 Å².